The summed E-state index contributed by atoms with van der Waals surface area (Å²) in [5.74, 6) is 4.97. The molecule has 106 valence electrons. The number of hydrogen-bond acceptors (Lipinski definition) is 4. The van der Waals surface area contributed by atoms with Crippen LogP contribution in [-0.2, 0) is 13.1 Å². The number of hydrazine groups is 1. The lowest BCUT2D eigenvalue weighted by atomic mass is 10.1. The summed E-state index contributed by atoms with van der Waals surface area (Å²) >= 11 is 1.41. The average Bonchev–Trinajstić information content (AvgIpc) is 2.88. The van der Waals surface area contributed by atoms with Crippen LogP contribution < -0.4 is 11.3 Å². The van der Waals surface area contributed by atoms with Crippen LogP contribution in [0.5, 0.6) is 0 Å². The molecule has 20 heavy (non-hydrogen) atoms. The first-order valence-electron chi connectivity index (χ1n) is 6.41. The van der Waals surface area contributed by atoms with Crippen LogP contribution in [0, 0.1) is 6.92 Å². The molecule has 0 saturated heterocycles. The molecule has 2 aromatic rings. The maximum absolute atomic E-state index is 11.6. The Morgan fingerprint density at radius 3 is 2.60 bits per heavy atom. The van der Waals surface area contributed by atoms with Crippen molar-refractivity contribution in [3.63, 3.8) is 0 Å². The van der Waals surface area contributed by atoms with Gasteiger partial charge in [0.2, 0.25) is 0 Å². The number of nitrogens with one attached hydrogen (secondary N) is 1. The van der Waals surface area contributed by atoms with E-state index in [4.69, 9.17) is 5.84 Å². The van der Waals surface area contributed by atoms with Crippen molar-refractivity contribution in [2.45, 2.75) is 20.0 Å². The van der Waals surface area contributed by atoms with E-state index in [1.807, 2.05) is 18.5 Å². The maximum atomic E-state index is 11.6. The molecule has 0 saturated carbocycles. The van der Waals surface area contributed by atoms with Crippen LogP contribution in [-0.4, -0.2) is 17.9 Å². The molecule has 1 aromatic carbocycles. The van der Waals surface area contributed by atoms with E-state index < -0.39 is 0 Å². The van der Waals surface area contributed by atoms with Crippen LogP contribution in [0.1, 0.15) is 26.4 Å². The molecule has 0 unspecified atom stereocenters. The van der Waals surface area contributed by atoms with E-state index in [0.29, 0.717) is 4.88 Å². The third kappa shape index (κ3) is 3.66. The van der Waals surface area contributed by atoms with Gasteiger partial charge in [-0.3, -0.25) is 15.1 Å². The van der Waals surface area contributed by atoms with Gasteiger partial charge in [-0.25, -0.2) is 5.84 Å². The van der Waals surface area contributed by atoms with E-state index in [9.17, 15) is 4.79 Å². The molecule has 2 rings (SSSR count). The molecule has 0 aliphatic heterocycles. The van der Waals surface area contributed by atoms with Crippen molar-refractivity contribution in [3.05, 3.63) is 57.3 Å². The number of amides is 1. The highest BCUT2D eigenvalue weighted by Gasteiger charge is 2.13. The van der Waals surface area contributed by atoms with Crippen molar-refractivity contribution in [1.29, 1.82) is 0 Å². The number of nitrogens with two attached hydrogens (primary N) is 1. The first-order chi connectivity index (χ1) is 9.60. The van der Waals surface area contributed by atoms with Crippen molar-refractivity contribution >= 4 is 17.2 Å². The molecule has 4 nitrogen and oxygen atoms in total. The van der Waals surface area contributed by atoms with Crippen LogP contribution in [0.15, 0.2) is 35.7 Å². The summed E-state index contributed by atoms with van der Waals surface area (Å²) in [6.07, 6.45) is 0. The lowest BCUT2D eigenvalue weighted by Crippen LogP contribution is -2.30. The van der Waals surface area contributed by atoms with Crippen LogP contribution in [0.3, 0.4) is 0 Å². The van der Waals surface area contributed by atoms with Crippen LogP contribution in [0.25, 0.3) is 0 Å². The van der Waals surface area contributed by atoms with Gasteiger partial charge in [0.05, 0.1) is 4.88 Å². The smallest absolute Gasteiger partial charge is 0.275 e. The predicted molar refractivity (Wildman–Crippen MR) is 82.3 cm³/mol. The third-order valence-corrected chi connectivity index (χ3v) is 4.05. The van der Waals surface area contributed by atoms with Crippen LogP contribution in [0.2, 0.25) is 0 Å². The molecule has 0 aliphatic carbocycles. The summed E-state index contributed by atoms with van der Waals surface area (Å²) in [6, 6.07) is 10.5. The molecular formula is C15H19N3OS. The lowest BCUT2D eigenvalue weighted by Gasteiger charge is -2.17. The summed E-state index contributed by atoms with van der Waals surface area (Å²) in [5.41, 5.74) is 5.72. The van der Waals surface area contributed by atoms with E-state index in [-0.39, 0.29) is 5.91 Å². The van der Waals surface area contributed by atoms with Gasteiger partial charge in [0.25, 0.3) is 5.91 Å². The third-order valence-electron chi connectivity index (χ3n) is 3.10. The minimum absolute atomic E-state index is 0.223. The summed E-state index contributed by atoms with van der Waals surface area (Å²) in [7, 11) is 2.04. The number of carbonyl (C=O) groups is 1. The van der Waals surface area contributed by atoms with E-state index >= 15 is 0 Å². The summed E-state index contributed by atoms with van der Waals surface area (Å²) in [4.78, 5) is 14.5. The van der Waals surface area contributed by atoms with Gasteiger partial charge in [0.15, 0.2) is 0 Å². The fourth-order valence-corrected chi connectivity index (χ4v) is 2.90. The minimum atomic E-state index is -0.223. The van der Waals surface area contributed by atoms with Gasteiger partial charge in [-0.15, -0.1) is 11.3 Å². The molecule has 1 heterocycles. The second-order valence-electron chi connectivity index (χ2n) is 4.91. The highest BCUT2D eigenvalue weighted by molar-refractivity contribution is 7.12. The number of rotatable bonds is 5. The molecule has 0 fully saturated rings. The van der Waals surface area contributed by atoms with Crippen LogP contribution >= 0.6 is 11.3 Å². The van der Waals surface area contributed by atoms with E-state index in [2.05, 4.69) is 41.5 Å². The summed E-state index contributed by atoms with van der Waals surface area (Å²) < 4.78 is 0. The molecule has 0 spiro atoms. The molecule has 5 heteroatoms. The fourth-order valence-electron chi connectivity index (χ4n) is 2.08. The highest BCUT2D eigenvalue weighted by Crippen LogP contribution is 2.19. The van der Waals surface area contributed by atoms with Gasteiger partial charge < -0.3 is 0 Å². The van der Waals surface area contributed by atoms with Gasteiger partial charge in [-0.05, 0) is 36.5 Å². The Balaban J connectivity index is 2.01. The van der Waals surface area contributed by atoms with Crippen molar-refractivity contribution in [2.24, 2.45) is 5.84 Å². The summed E-state index contributed by atoms with van der Waals surface area (Å²) in [6.45, 7) is 3.65. The topological polar surface area (TPSA) is 58.4 Å². The number of nitrogens with zero attached hydrogens (tertiary/aromatic N) is 1. The lowest BCUT2D eigenvalue weighted by molar-refractivity contribution is 0.0956. The van der Waals surface area contributed by atoms with Gasteiger partial charge in [0, 0.05) is 13.1 Å². The largest absolute Gasteiger partial charge is 0.298 e. The zero-order valence-corrected chi connectivity index (χ0v) is 12.5. The highest BCUT2D eigenvalue weighted by atomic mass is 32.1. The second-order valence-corrected chi connectivity index (χ2v) is 5.82. The predicted octanol–water partition coefficient (Wildman–Crippen LogP) is 2.29. The first kappa shape index (κ1) is 14.7. The molecule has 0 aliphatic rings. The Morgan fingerprint density at radius 1 is 1.25 bits per heavy atom. The van der Waals surface area contributed by atoms with Crippen LogP contribution in [0.4, 0.5) is 0 Å². The van der Waals surface area contributed by atoms with Crippen molar-refractivity contribution in [3.8, 4) is 0 Å². The number of thiophene rings is 1. The van der Waals surface area contributed by atoms with E-state index in [0.717, 1.165) is 18.7 Å². The average molecular weight is 289 g/mol. The van der Waals surface area contributed by atoms with Crippen molar-refractivity contribution < 1.29 is 4.79 Å². The fraction of sp³-hybridized carbons (Fsp3) is 0.267. The second kappa shape index (κ2) is 6.65. The molecular weight excluding hydrogens is 270 g/mol. The quantitative estimate of drug-likeness (QED) is 0.504. The molecule has 3 N–H and O–H groups in total. The Hall–Kier alpha value is -1.69. The number of benzene rings is 1. The van der Waals surface area contributed by atoms with E-state index in [1.54, 1.807) is 0 Å². The number of aryl methyl sites for hydroxylation is 1. The minimum Gasteiger partial charge on any atom is -0.298 e. The zero-order chi connectivity index (χ0) is 14.5. The molecule has 0 bridgehead atoms. The standard InChI is InChI=1S/C15H19N3OS/c1-11-3-5-12(6-4-11)9-18(2)10-13-7-8-20-14(13)15(19)17-16/h3-8H,9-10,16H2,1-2H3,(H,17,19). The normalized spacial score (nSPS) is 10.8. The SMILES string of the molecule is Cc1ccc(CN(C)Cc2ccsc2C(=O)NN)cc1. The molecule has 1 aromatic heterocycles. The monoisotopic (exact) mass is 289 g/mol. The molecule has 0 radical (unpaired) electrons. The van der Waals surface area contributed by atoms with Gasteiger partial charge in [0.1, 0.15) is 0 Å². The van der Waals surface area contributed by atoms with Crippen molar-refractivity contribution in [1.82, 2.24) is 10.3 Å². The van der Waals surface area contributed by atoms with Gasteiger partial charge in [-0.1, -0.05) is 29.8 Å². The first-order valence-corrected chi connectivity index (χ1v) is 7.29. The molecule has 1 amide bonds. The van der Waals surface area contributed by atoms with Crippen molar-refractivity contribution in [2.75, 3.05) is 7.05 Å². The van der Waals surface area contributed by atoms with E-state index in [1.165, 1.54) is 22.5 Å². The zero-order valence-electron chi connectivity index (χ0n) is 11.7. The molecule has 0 atom stereocenters. The number of nitrogen functional groups attached to an aromatic ring is 1. The number of hydrogen-bond donors (Lipinski definition) is 2. The summed E-state index contributed by atoms with van der Waals surface area (Å²) in [5, 5.41) is 1.92. The Kier molecular flexibility index (Phi) is 4.89. The number of carbonyl (C=O) groups excluding carboxylic acids is 1. The maximum Gasteiger partial charge on any atom is 0.275 e. The van der Waals surface area contributed by atoms with Gasteiger partial charge in [-0.2, -0.15) is 0 Å². The Morgan fingerprint density at radius 2 is 1.95 bits per heavy atom. The Bertz CT molecular complexity index is 577. The Labute approximate surface area is 123 Å². The van der Waals surface area contributed by atoms with Gasteiger partial charge >= 0.3 is 0 Å².